The predicted octanol–water partition coefficient (Wildman–Crippen LogP) is 9.23. The highest BCUT2D eigenvalue weighted by molar-refractivity contribution is 8.76. The van der Waals surface area contributed by atoms with Crippen molar-refractivity contribution in [3.63, 3.8) is 0 Å². The maximum atomic E-state index is 10.5. The summed E-state index contributed by atoms with van der Waals surface area (Å²) in [5, 5.41) is 8.66. The third-order valence-electron chi connectivity index (χ3n) is 11.8. The maximum absolute atomic E-state index is 10.5. The van der Waals surface area contributed by atoms with Crippen molar-refractivity contribution < 1.29 is 14.7 Å². The van der Waals surface area contributed by atoms with Crippen molar-refractivity contribution in [2.24, 2.45) is 51.3 Å². The third-order valence-corrected chi connectivity index (χ3v) is 14.1. The van der Waals surface area contributed by atoms with Gasteiger partial charge in [-0.2, -0.15) is 0 Å². The molecule has 2 N–H and O–H groups in total. The van der Waals surface area contributed by atoms with Crippen LogP contribution < -0.4 is 5.48 Å². The van der Waals surface area contributed by atoms with Gasteiger partial charge in [0.05, 0.1) is 12.6 Å². The predicted molar refractivity (Wildman–Crippen MR) is 181 cm³/mol. The summed E-state index contributed by atoms with van der Waals surface area (Å²) in [6.45, 7) is 14.1. The quantitative estimate of drug-likeness (QED) is 0.0555. The highest BCUT2D eigenvalue weighted by Crippen LogP contribution is 2.67. The van der Waals surface area contributed by atoms with Crippen LogP contribution >= 0.6 is 21.6 Å². The molecule has 0 aromatic rings. The second-order valence-electron chi connectivity index (χ2n) is 14.9. The van der Waals surface area contributed by atoms with Crippen LogP contribution in [-0.4, -0.2) is 48.0 Å². The van der Waals surface area contributed by atoms with E-state index in [1.165, 1.54) is 68.6 Å². The van der Waals surface area contributed by atoms with Crippen LogP contribution in [-0.2, 0) is 9.63 Å². The van der Waals surface area contributed by atoms with E-state index >= 15 is 0 Å². The van der Waals surface area contributed by atoms with Gasteiger partial charge in [-0.15, -0.1) is 0 Å². The summed E-state index contributed by atoms with van der Waals surface area (Å²) < 4.78 is 0. The average Bonchev–Trinajstić information content (AvgIpc) is 3.30. The van der Waals surface area contributed by atoms with Gasteiger partial charge >= 0.3 is 5.97 Å². The highest BCUT2D eigenvalue weighted by atomic mass is 33.1. The molecule has 0 amide bonds. The van der Waals surface area contributed by atoms with E-state index in [1.807, 2.05) is 6.21 Å². The van der Waals surface area contributed by atoms with Crippen molar-refractivity contribution >= 4 is 33.8 Å². The third kappa shape index (κ3) is 8.60. The smallest absolute Gasteiger partial charge is 0.314 e. The monoisotopic (exact) mass is 620 g/mol. The molecule has 3 fully saturated rings. The number of hydrogen-bond acceptors (Lipinski definition) is 6. The van der Waals surface area contributed by atoms with Gasteiger partial charge in [0.2, 0.25) is 0 Å². The van der Waals surface area contributed by atoms with Crippen LogP contribution in [0.25, 0.3) is 0 Å². The molecule has 0 aliphatic heterocycles. The van der Waals surface area contributed by atoms with E-state index < -0.39 is 5.97 Å². The molecule has 4 rings (SSSR count). The van der Waals surface area contributed by atoms with Crippen LogP contribution in [0.2, 0.25) is 0 Å². The fourth-order valence-electron chi connectivity index (χ4n) is 9.61. The molecular formula is C35H60N2O3S2. The van der Waals surface area contributed by atoms with Crippen molar-refractivity contribution in [3.8, 4) is 0 Å². The van der Waals surface area contributed by atoms with Gasteiger partial charge in [-0.25, -0.2) is 5.48 Å². The van der Waals surface area contributed by atoms with Crippen LogP contribution in [0, 0.1) is 46.3 Å². The van der Waals surface area contributed by atoms with Gasteiger partial charge in [-0.3, -0.25) is 14.6 Å². The number of carbonyl (C=O) groups is 1. The molecule has 8 unspecified atom stereocenters. The van der Waals surface area contributed by atoms with Gasteiger partial charge in [0.15, 0.2) is 0 Å². The molecule has 0 aromatic carbocycles. The Balaban J connectivity index is 1.19. The molecular weight excluding hydrogens is 561 g/mol. The number of allylic oxidation sites excluding steroid dienone is 1. The number of hydrogen-bond donors (Lipinski definition) is 2. The Bertz CT molecular complexity index is 926. The summed E-state index contributed by atoms with van der Waals surface area (Å²) in [6, 6.07) is 0. The van der Waals surface area contributed by atoms with Crippen molar-refractivity contribution in [2.45, 2.75) is 124 Å². The van der Waals surface area contributed by atoms with Crippen molar-refractivity contribution in [3.05, 3.63) is 11.6 Å². The average molecular weight is 621 g/mol. The topological polar surface area (TPSA) is 70.9 Å². The lowest BCUT2D eigenvalue weighted by Crippen LogP contribution is -2.51. The van der Waals surface area contributed by atoms with E-state index in [-0.39, 0.29) is 11.9 Å². The number of carboxylic acid groups (broad SMARTS) is 1. The SMILES string of the molecule is CC(C)CCCC(C)C1CCC2C3CC=C4CC(ONCCN=CCCCSSCC(=O)O)CCC4(C)C3CCC12C. The van der Waals surface area contributed by atoms with E-state index in [1.54, 1.807) is 16.4 Å². The number of nitrogens with one attached hydrogen (secondary N) is 1. The van der Waals surface area contributed by atoms with Gasteiger partial charge in [-0.05, 0) is 117 Å². The van der Waals surface area contributed by atoms with Gasteiger partial charge in [0.1, 0.15) is 5.75 Å². The molecule has 3 saturated carbocycles. The van der Waals surface area contributed by atoms with E-state index in [0.29, 0.717) is 10.8 Å². The zero-order valence-electron chi connectivity index (χ0n) is 27.2. The molecule has 42 heavy (non-hydrogen) atoms. The number of unbranched alkanes of at least 4 members (excludes halogenated alkanes) is 1. The molecule has 8 atom stereocenters. The lowest BCUT2D eigenvalue weighted by Gasteiger charge is -2.58. The summed E-state index contributed by atoms with van der Waals surface area (Å²) in [4.78, 5) is 21.2. The fourth-order valence-corrected chi connectivity index (χ4v) is 11.5. The zero-order valence-corrected chi connectivity index (χ0v) is 28.9. The van der Waals surface area contributed by atoms with Crippen molar-refractivity contribution in [2.75, 3.05) is 24.6 Å². The van der Waals surface area contributed by atoms with Crippen LogP contribution in [0.15, 0.2) is 16.6 Å². The summed E-state index contributed by atoms with van der Waals surface area (Å²) in [5.41, 5.74) is 5.85. The largest absolute Gasteiger partial charge is 0.481 e. The molecule has 0 bridgehead atoms. The molecule has 0 aromatic heterocycles. The molecule has 7 heteroatoms. The van der Waals surface area contributed by atoms with Crippen LogP contribution in [0.3, 0.4) is 0 Å². The molecule has 0 spiro atoms. The first-order chi connectivity index (χ1) is 20.1. The van der Waals surface area contributed by atoms with Crippen LogP contribution in [0.1, 0.15) is 118 Å². The lowest BCUT2D eigenvalue weighted by atomic mass is 9.47. The first-order valence-electron chi connectivity index (χ1n) is 17.2. The Morgan fingerprint density at radius 1 is 1.12 bits per heavy atom. The standard InChI is InChI=1S/C35H60N2O3S2/c1-25(2)9-8-10-26(3)30-13-14-31-29-12-11-27-23-28(15-17-34(27,4)32(29)16-18-35(30,31)5)40-37-21-20-36-19-6-7-22-41-42-24-33(38)39/h11,19,25-26,28-32,37H,6-10,12-18,20-24H2,1-5H3,(H,38,39). The van der Waals surface area contributed by atoms with Gasteiger partial charge in [0.25, 0.3) is 0 Å². The zero-order chi connectivity index (χ0) is 30.2. The number of nitrogens with zero attached hydrogens (tertiary/aromatic N) is 1. The molecule has 5 nitrogen and oxygen atoms in total. The van der Waals surface area contributed by atoms with Crippen molar-refractivity contribution in [1.82, 2.24) is 5.48 Å². The number of rotatable bonds is 17. The van der Waals surface area contributed by atoms with E-state index in [9.17, 15) is 4.79 Å². The normalized spacial score (nSPS) is 35.1. The Kier molecular flexibility index (Phi) is 13.2. The number of aliphatic imine (C=N–C) groups is 1. The molecule has 0 radical (unpaired) electrons. The van der Waals surface area contributed by atoms with Crippen LogP contribution in [0.4, 0.5) is 0 Å². The number of hydroxylamine groups is 1. The van der Waals surface area contributed by atoms with E-state index in [4.69, 9.17) is 9.94 Å². The summed E-state index contributed by atoms with van der Waals surface area (Å²) in [7, 11) is 3.04. The second kappa shape index (κ2) is 16.2. The molecule has 4 aliphatic carbocycles. The number of aliphatic carboxylic acids is 1. The first-order valence-corrected chi connectivity index (χ1v) is 19.7. The lowest BCUT2D eigenvalue weighted by molar-refractivity contribution is -0.133. The second-order valence-corrected chi connectivity index (χ2v) is 17.5. The minimum atomic E-state index is -0.748. The molecule has 0 heterocycles. The number of carboxylic acids is 1. The summed E-state index contributed by atoms with van der Waals surface area (Å²) >= 11 is 0. The Morgan fingerprint density at radius 3 is 2.74 bits per heavy atom. The first kappa shape index (κ1) is 34.4. The highest BCUT2D eigenvalue weighted by Gasteiger charge is 2.59. The minimum absolute atomic E-state index is 0.168. The summed E-state index contributed by atoms with van der Waals surface area (Å²) in [5.74, 6) is 5.71. The van der Waals surface area contributed by atoms with E-state index in [2.05, 4.69) is 51.2 Å². The fraction of sp³-hybridized carbons (Fsp3) is 0.886. The minimum Gasteiger partial charge on any atom is -0.481 e. The molecule has 0 saturated heterocycles. The van der Waals surface area contributed by atoms with Crippen LogP contribution in [0.5, 0.6) is 0 Å². The van der Waals surface area contributed by atoms with Gasteiger partial charge < -0.3 is 5.11 Å². The van der Waals surface area contributed by atoms with E-state index in [0.717, 1.165) is 80.0 Å². The van der Waals surface area contributed by atoms with Crippen molar-refractivity contribution in [1.29, 1.82) is 0 Å². The Hall–Kier alpha value is -0.500. The number of fused-ring (bicyclic) bond motifs is 5. The molecule has 4 aliphatic rings. The van der Waals surface area contributed by atoms with Gasteiger partial charge in [0, 0.05) is 12.3 Å². The molecule has 240 valence electrons. The van der Waals surface area contributed by atoms with Gasteiger partial charge in [-0.1, -0.05) is 87.1 Å². The summed E-state index contributed by atoms with van der Waals surface area (Å²) in [6.07, 6.45) is 21.8. The Labute approximate surface area is 265 Å². The maximum Gasteiger partial charge on any atom is 0.314 e. The Morgan fingerprint density at radius 2 is 1.95 bits per heavy atom.